The van der Waals surface area contributed by atoms with Gasteiger partial charge in [0.1, 0.15) is 16.8 Å². The Morgan fingerprint density at radius 2 is 2.15 bits per heavy atom. The Morgan fingerprint density at radius 1 is 1.33 bits per heavy atom. The highest BCUT2D eigenvalue weighted by Gasteiger charge is 2.15. The molecular formula is C20H27N5O2. The summed E-state index contributed by atoms with van der Waals surface area (Å²) in [5.74, 6) is 0.709. The van der Waals surface area contributed by atoms with E-state index in [1.54, 1.807) is 0 Å². The molecule has 7 nitrogen and oxygen atoms in total. The molecule has 2 aromatic heterocycles. The fourth-order valence-corrected chi connectivity index (χ4v) is 3.06. The molecule has 2 heterocycles. The molecule has 0 radical (unpaired) electrons. The van der Waals surface area contributed by atoms with Gasteiger partial charge in [-0.2, -0.15) is 10.2 Å². The first-order valence-electron chi connectivity index (χ1n) is 9.43. The molecule has 1 aromatic carbocycles. The number of aromatic nitrogens is 4. The summed E-state index contributed by atoms with van der Waals surface area (Å²) in [6, 6.07) is 7.74. The van der Waals surface area contributed by atoms with Gasteiger partial charge >= 0.3 is 0 Å². The highest BCUT2D eigenvalue weighted by molar-refractivity contribution is 5.91. The van der Waals surface area contributed by atoms with Crippen LogP contribution in [-0.2, 0) is 11.3 Å². The summed E-state index contributed by atoms with van der Waals surface area (Å²) in [5, 5.41) is 11.9. The molecule has 27 heavy (non-hydrogen) atoms. The van der Waals surface area contributed by atoms with Gasteiger partial charge in [-0.1, -0.05) is 13.0 Å². The van der Waals surface area contributed by atoms with Crippen molar-refractivity contribution < 1.29 is 9.53 Å². The number of fused-ring (bicyclic) bond motifs is 1. The second-order valence-corrected chi connectivity index (χ2v) is 6.90. The topological polar surface area (TPSA) is 74.0 Å². The van der Waals surface area contributed by atoms with Crippen LogP contribution in [0.25, 0.3) is 11.0 Å². The number of carbonyl (C=O) groups is 1. The molecule has 3 rings (SSSR count). The SMILES string of the molecule is CCCOc1cccc(NC(=O)CCn2ncc3c2c(C)nn3C(C)C)c1. The smallest absolute Gasteiger partial charge is 0.226 e. The van der Waals surface area contributed by atoms with E-state index in [1.807, 2.05) is 46.7 Å². The number of hydrogen-bond acceptors (Lipinski definition) is 4. The minimum absolute atomic E-state index is 0.0554. The molecule has 0 atom stereocenters. The van der Waals surface area contributed by atoms with Gasteiger partial charge < -0.3 is 10.1 Å². The zero-order chi connectivity index (χ0) is 19.4. The van der Waals surface area contributed by atoms with E-state index >= 15 is 0 Å². The lowest BCUT2D eigenvalue weighted by atomic mass is 10.3. The minimum atomic E-state index is -0.0554. The number of amides is 1. The van der Waals surface area contributed by atoms with Gasteiger partial charge in [0.2, 0.25) is 5.91 Å². The van der Waals surface area contributed by atoms with E-state index in [-0.39, 0.29) is 11.9 Å². The second-order valence-electron chi connectivity index (χ2n) is 6.90. The standard InChI is InChI=1S/C20H27N5O2/c1-5-11-27-17-8-6-7-16(12-17)22-19(26)9-10-24-20-15(4)23-25(14(2)3)18(20)13-21-24/h6-8,12-14H,5,9-11H2,1-4H3,(H,22,26). The van der Waals surface area contributed by atoms with Crippen LogP contribution in [0, 0.1) is 6.92 Å². The number of benzene rings is 1. The lowest BCUT2D eigenvalue weighted by molar-refractivity contribution is -0.116. The summed E-state index contributed by atoms with van der Waals surface area (Å²) in [6.07, 6.45) is 3.10. The maximum Gasteiger partial charge on any atom is 0.226 e. The Labute approximate surface area is 159 Å². The van der Waals surface area contributed by atoms with Gasteiger partial charge in [-0.25, -0.2) is 0 Å². The first kappa shape index (κ1) is 18.9. The van der Waals surface area contributed by atoms with Gasteiger partial charge in [-0.15, -0.1) is 0 Å². The summed E-state index contributed by atoms with van der Waals surface area (Å²) < 4.78 is 9.43. The molecule has 0 aliphatic carbocycles. The van der Waals surface area contributed by atoms with Crippen LogP contribution < -0.4 is 10.1 Å². The van der Waals surface area contributed by atoms with Crippen molar-refractivity contribution in [2.24, 2.45) is 0 Å². The number of nitrogens with zero attached hydrogens (tertiary/aromatic N) is 4. The third-order valence-electron chi connectivity index (χ3n) is 4.30. The summed E-state index contributed by atoms with van der Waals surface area (Å²) in [6.45, 7) is 9.39. The molecular weight excluding hydrogens is 342 g/mol. The van der Waals surface area contributed by atoms with Crippen LogP contribution in [0.15, 0.2) is 30.5 Å². The van der Waals surface area contributed by atoms with Crippen LogP contribution in [0.4, 0.5) is 5.69 Å². The first-order chi connectivity index (χ1) is 13.0. The number of aryl methyl sites for hydroxylation is 2. The van der Waals surface area contributed by atoms with Gasteiger partial charge in [0, 0.05) is 24.2 Å². The highest BCUT2D eigenvalue weighted by Crippen LogP contribution is 2.22. The Hall–Kier alpha value is -2.83. The van der Waals surface area contributed by atoms with Crippen molar-refractivity contribution >= 4 is 22.6 Å². The third kappa shape index (κ3) is 4.30. The van der Waals surface area contributed by atoms with Crippen molar-refractivity contribution in [3.63, 3.8) is 0 Å². The molecule has 1 N–H and O–H groups in total. The van der Waals surface area contributed by atoms with Crippen LogP contribution in [0.5, 0.6) is 5.75 Å². The third-order valence-corrected chi connectivity index (χ3v) is 4.30. The van der Waals surface area contributed by atoms with E-state index in [0.29, 0.717) is 19.6 Å². The number of ether oxygens (including phenoxy) is 1. The van der Waals surface area contributed by atoms with E-state index in [1.165, 1.54) is 0 Å². The van der Waals surface area contributed by atoms with Crippen LogP contribution in [0.3, 0.4) is 0 Å². The Kier molecular flexibility index (Phi) is 5.78. The maximum absolute atomic E-state index is 12.4. The zero-order valence-electron chi connectivity index (χ0n) is 16.4. The van der Waals surface area contributed by atoms with E-state index in [2.05, 4.69) is 36.3 Å². The van der Waals surface area contributed by atoms with E-state index in [0.717, 1.165) is 34.6 Å². The van der Waals surface area contributed by atoms with Crippen LogP contribution in [0.1, 0.15) is 45.3 Å². The van der Waals surface area contributed by atoms with Crippen molar-refractivity contribution in [1.29, 1.82) is 0 Å². The van der Waals surface area contributed by atoms with Gasteiger partial charge in [0.05, 0.1) is 25.0 Å². The number of anilines is 1. The summed E-state index contributed by atoms with van der Waals surface area (Å²) in [5.41, 5.74) is 3.66. The van der Waals surface area contributed by atoms with Crippen molar-refractivity contribution in [2.45, 2.75) is 53.1 Å². The van der Waals surface area contributed by atoms with E-state index < -0.39 is 0 Å². The van der Waals surface area contributed by atoms with Crippen molar-refractivity contribution in [2.75, 3.05) is 11.9 Å². The predicted octanol–water partition coefficient (Wildman–Crippen LogP) is 3.94. The normalized spacial score (nSPS) is 11.3. The van der Waals surface area contributed by atoms with Gasteiger partial charge in [-0.05, 0) is 39.3 Å². The molecule has 0 unspecified atom stereocenters. The quantitative estimate of drug-likeness (QED) is 0.653. The molecule has 1 amide bonds. The zero-order valence-corrected chi connectivity index (χ0v) is 16.4. The highest BCUT2D eigenvalue weighted by atomic mass is 16.5. The molecule has 0 spiro atoms. The fraction of sp³-hybridized carbons (Fsp3) is 0.450. The fourth-order valence-electron chi connectivity index (χ4n) is 3.06. The number of rotatable bonds is 8. The Bertz CT molecular complexity index is 926. The molecule has 0 aliphatic rings. The average Bonchev–Trinajstić information content (AvgIpc) is 3.20. The van der Waals surface area contributed by atoms with E-state index in [9.17, 15) is 4.79 Å². The second kappa shape index (κ2) is 8.24. The number of carbonyl (C=O) groups excluding carboxylic acids is 1. The first-order valence-corrected chi connectivity index (χ1v) is 9.43. The van der Waals surface area contributed by atoms with Gasteiger partial charge in [0.15, 0.2) is 0 Å². The molecule has 7 heteroatoms. The Balaban J connectivity index is 1.64. The number of nitrogens with one attached hydrogen (secondary N) is 1. The van der Waals surface area contributed by atoms with Crippen LogP contribution in [-0.4, -0.2) is 32.1 Å². The van der Waals surface area contributed by atoms with Crippen molar-refractivity contribution in [1.82, 2.24) is 19.6 Å². The molecule has 0 bridgehead atoms. The molecule has 144 valence electrons. The summed E-state index contributed by atoms with van der Waals surface area (Å²) in [7, 11) is 0. The molecule has 0 saturated carbocycles. The lowest BCUT2D eigenvalue weighted by Gasteiger charge is -2.09. The number of hydrogen-bond donors (Lipinski definition) is 1. The minimum Gasteiger partial charge on any atom is -0.494 e. The van der Waals surface area contributed by atoms with Crippen molar-refractivity contribution in [3.8, 4) is 5.75 Å². The molecule has 0 fully saturated rings. The average molecular weight is 369 g/mol. The van der Waals surface area contributed by atoms with Crippen LogP contribution >= 0.6 is 0 Å². The summed E-state index contributed by atoms with van der Waals surface area (Å²) in [4.78, 5) is 12.4. The largest absolute Gasteiger partial charge is 0.494 e. The monoisotopic (exact) mass is 369 g/mol. The molecule has 0 aliphatic heterocycles. The molecule has 0 saturated heterocycles. The predicted molar refractivity (Wildman–Crippen MR) is 106 cm³/mol. The Morgan fingerprint density at radius 3 is 2.89 bits per heavy atom. The lowest BCUT2D eigenvalue weighted by Crippen LogP contribution is -2.15. The summed E-state index contributed by atoms with van der Waals surface area (Å²) >= 11 is 0. The van der Waals surface area contributed by atoms with Crippen molar-refractivity contribution in [3.05, 3.63) is 36.2 Å². The van der Waals surface area contributed by atoms with Gasteiger partial charge in [-0.3, -0.25) is 14.2 Å². The van der Waals surface area contributed by atoms with Crippen LogP contribution in [0.2, 0.25) is 0 Å². The maximum atomic E-state index is 12.4. The van der Waals surface area contributed by atoms with Gasteiger partial charge in [0.25, 0.3) is 0 Å². The van der Waals surface area contributed by atoms with E-state index in [4.69, 9.17) is 4.74 Å². The molecule has 3 aromatic rings.